The highest BCUT2D eigenvalue weighted by molar-refractivity contribution is 6.00. The summed E-state index contributed by atoms with van der Waals surface area (Å²) in [5.74, 6) is -2.92. The van der Waals surface area contributed by atoms with Crippen molar-refractivity contribution in [1.82, 2.24) is 9.80 Å². The third-order valence-corrected chi connectivity index (χ3v) is 5.47. The van der Waals surface area contributed by atoms with Crippen LogP contribution in [-0.4, -0.2) is 67.6 Å². The van der Waals surface area contributed by atoms with Crippen molar-refractivity contribution in [3.63, 3.8) is 0 Å². The number of carbonyl (C=O) groups is 2. The highest BCUT2D eigenvalue weighted by Crippen LogP contribution is 2.39. The predicted molar refractivity (Wildman–Crippen MR) is 93.6 cm³/mol. The van der Waals surface area contributed by atoms with Gasteiger partial charge < -0.3 is 19.3 Å². The van der Waals surface area contributed by atoms with E-state index in [9.17, 15) is 18.4 Å². The van der Waals surface area contributed by atoms with Crippen molar-refractivity contribution < 1.29 is 27.8 Å². The maximum Gasteiger partial charge on any atom is 0.260 e. The highest BCUT2D eigenvalue weighted by atomic mass is 19.1. The van der Waals surface area contributed by atoms with Crippen molar-refractivity contribution in [1.29, 1.82) is 0 Å². The Morgan fingerprint density at radius 1 is 1.15 bits per heavy atom. The van der Waals surface area contributed by atoms with Crippen LogP contribution < -0.4 is 4.74 Å². The molecule has 0 N–H and O–H groups in total. The fraction of sp³-hybridized carbons (Fsp3) is 0.579. The molecule has 2 fully saturated rings. The maximum atomic E-state index is 14.4. The van der Waals surface area contributed by atoms with Gasteiger partial charge in [0.15, 0.2) is 0 Å². The first-order valence-electron chi connectivity index (χ1n) is 9.08. The summed E-state index contributed by atoms with van der Waals surface area (Å²) in [6, 6.07) is 1.96. The average molecular weight is 382 g/mol. The summed E-state index contributed by atoms with van der Waals surface area (Å²) in [6.45, 7) is 1.73. The predicted octanol–water partition coefficient (Wildman–Crippen LogP) is 2.22. The van der Waals surface area contributed by atoms with Crippen LogP contribution >= 0.6 is 0 Å². The van der Waals surface area contributed by atoms with Crippen LogP contribution in [0.1, 0.15) is 36.0 Å². The number of nitrogens with zero attached hydrogens (tertiary/aromatic N) is 2. The molecule has 148 valence electrons. The van der Waals surface area contributed by atoms with Gasteiger partial charge in [-0.25, -0.2) is 8.78 Å². The summed E-state index contributed by atoms with van der Waals surface area (Å²) in [5.41, 5.74) is -1.67. The molecule has 6 nitrogen and oxygen atoms in total. The Balaban J connectivity index is 1.92. The lowest BCUT2D eigenvalue weighted by atomic mass is 9.85. The van der Waals surface area contributed by atoms with Crippen molar-refractivity contribution in [2.24, 2.45) is 0 Å². The average Bonchev–Trinajstić information content (AvgIpc) is 3.06. The van der Waals surface area contributed by atoms with Crippen molar-refractivity contribution in [3.05, 3.63) is 29.3 Å². The molecule has 2 aliphatic heterocycles. The minimum atomic E-state index is -1.03. The van der Waals surface area contributed by atoms with Gasteiger partial charge in [0, 0.05) is 38.9 Å². The summed E-state index contributed by atoms with van der Waals surface area (Å²) >= 11 is 0. The lowest BCUT2D eigenvalue weighted by molar-refractivity contribution is -0.146. The number of methoxy groups -OCH3 is 2. The molecule has 2 amide bonds. The number of hydrogen-bond donors (Lipinski definition) is 0. The lowest BCUT2D eigenvalue weighted by Crippen LogP contribution is -2.61. The molecule has 0 radical (unpaired) electrons. The zero-order valence-corrected chi connectivity index (χ0v) is 15.6. The fourth-order valence-electron chi connectivity index (χ4n) is 4.14. The van der Waals surface area contributed by atoms with E-state index >= 15 is 0 Å². The van der Waals surface area contributed by atoms with Gasteiger partial charge in [-0.1, -0.05) is 0 Å². The van der Waals surface area contributed by atoms with E-state index in [2.05, 4.69) is 0 Å². The quantitative estimate of drug-likeness (QED) is 0.784. The van der Waals surface area contributed by atoms with Crippen LogP contribution in [0.25, 0.3) is 0 Å². The number of amides is 2. The number of rotatable bonds is 5. The Morgan fingerprint density at radius 2 is 1.78 bits per heavy atom. The molecule has 27 heavy (non-hydrogen) atoms. The molecular formula is C19H24F2N2O4. The summed E-state index contributed by atoms with van der Waals surface area (Å²) in [7, 11) is 2.85. The van der Waals surface area contributed by atoms with Gasteiger partial charge in [0.1, 0.15) is 28.5 Å². The van der Waals surface area contributed by atoms with Gasteiger partial charge in [0.05, 0.1) is 13.7 Å². The molecule has 0 aliphatic carbocycles. The standard InChI is InChI=1S/C19H24F2N2O4/c1-26-10-9-22-7-3-5-19(18(22)25)6-4-8-23(19)17(24)16-14(20)11-13(27-2)12-15(16)21/h11-12H,3-10H2,1-2H3. The third kappa shape index (κ3) is 3.38. The Bertz CT molecular complexity index is 719. The monoisotopic (exact) mass is 382 g/mol. The van der Waals surface area contributed by atoms with E-state index in [-0.39, 0.29) is 11.7 Å². The van der Waals surface area contributed by atoms with Crippen LogP contribution in [0, 0.1) is 11.6 Å². The Hall–Kier alpha value is -2.22. The van der Waals surface area contributed by atoms with E-state index in [1.165, 1.54) is 12.0 Å². The van der Waals surface area contributed by atoms with Crippen LogP contribution in [0.4, 0.5) is 8.78 Å². The fourth-order valence-corrected chi connectivity index (χ4v) is 4.14. The molecule has 2 aliphatic rings. The molecular weight excluding hydrogens is 358 g/mol. The second kappa shape index (κ2) is 7.80. The molecule has 0 aromatic heterocycles. The molecule has 8 heteroatoms. The van der Waals surface area contributed by atoms with Gasteiger partial charge >= 0.3 is 0 Å². The lowest BCUT2D eigenvalue weighted by Gasteiger charge is -2.44. The van der Waals surface area contributed by atoms with Gasteiger partial charge in [0.2, 0.25) is 5.91 Å². The molecule has 0 bridgehead atoms. The largest absolute Gasteiger partial charge is 0.497 e. The Labute approximate surface area is 157 Å². The van der Waals surface area contributed by atoms with Gasteiger partial charge in [-0.05, 0) is 25.7 Å². The van der Waals surface area contributed by atoms with E-state index in [1.54, 1.807) is 12.0 Å². The first kappa shape index (κ1) is 19.5. The number of benzene rings is 1. The summed E-state index contributed by atoms with van der Waals surface area (Å²) in [4.78, 5) is 29.2. The van der Waals surface area contributed by atoms with Crippen LogP contribution in [-0.2, 0) is 9.53 Å². The number of piperidine rings is 1. The Kier molecular flexibility index (Phi) is 5.64. The topological polar surface area (TPSA) is 59.1 Å². The van der Waals surface area contributed by atoms with Crippen LogP contribution in [0.2, 0.25) is 0 Å². The second-order valence-electron chi connectivity index (χ2n) is 6.95. The minimum absolute atomic E-state index is 0.00262. The summed E-state index contributed by atoms with van der Waals surface area (Å²) in [5, 5.41) is 0. The van der Waals surface area contributed by atoms with E-state index in [0.717, 1.165) is 18.6 Å². The number of hydrogen-bond acceptors (Lipinski definition) is 4. The number of ether oxygens (including phenoxy) is 2. The second-order valence-corrected chi connectivity index (χ2v) is 6.95. The van der Waals surface area contributed by atoms with E-state index in [0.29, 0.717) is 45.5 Å². The first-order chi connectivity index (χ1) is 12.9. The first-order valence-corrected chi connectivity index (χ1v) is 9.08. The van der Waals surface area contributed by atoms with Crippen LogP contribution in [0.5, 0.6) is 5.75 Å². The van der Waals surface area contributed by atoms with Gasteiger partial charge in [-0.3, -0.25) is 9.59 Å². The number of likely N-dealkylation sites (tertiary alicyclic amines) is 2. The van der Waals surface area contributed by atoms with Gasteiger partial charge in [-0.15, -0.1) is 0 Å². The van der Waals surface area contributed by atoms with E-state index in [1.807, 2.05) is 0 Å². The van der Waals surface area contributed by atoms with Crippen LogP contribution in [0.15, 0.2) is 12.1 Å². The summed E-state index contributed by atoms with van der Waals surface area (Å²) < 4.78 is 38.7. The van der Waals surface area contributed by atoms with Crippen molar-refractivity contribution in [2.45, 2.75) is 31.2 Å². The van der Waals surface area contributed by atoms with Crippen molar-refractivity contribution >= 4 is 11.8 Å². The van der Waals surface area contributed by atoms with Crippen molar-refractivity contribution in [3.8, 4) is 5.75 Å². The molecule has 3 rings (SSSR count). The molecule has 2 saturated heterocycles. The van der Waals surface area contributed by atoms with Gasteiger partial charge in [0.25, 0.3) is 5.91 Å². The molecule has 1 aromatic carbocycles. The number of carbonyl (C=O) groups excluding carboxylic acids is 2. The number of halogens is 2. The molecule has 0 saturated carbocycles. The molecule has 1 aromatic rings. The highest BCUT2D eigenvalue weighted by Gasteiger charge is 2.53. The normalized spacial score (nSPS) is 22.6. The zero-order valence-electron chi connectivity index (χ0n) is 15.6. The van der Waals surface area contributed by atoms with E-state index < -0.39 is 28.6 Å². The molecule has 1 atom stereocenters. The zero-order chi connectivity index (χ0) is 19.6. The van der Waals surface area contributed by atoms with E-state index in [4.69, 9.17) is 9.47 Å². The van der Waals surface area contributed by atoms with Crippen LogP contribution in [0.3, 0.4) is 0 Å². The molecule has 2 heterocycles. The smallest absolute Gasteiger partial charge is 0.260 e. The van der Waals surface area contributed by atoms with Crippen molar-refractivity contribution in [2.75, 3.05) is 40.5 Å². The summed E-state index contributed by atoms with van der Waals surface area (Å²) in [6.07, 6.45) is 2.35. The van der Waals surface area contributed by atoms with Gasteiger partial charge in [-0.2, -0.15) is 0 Å². The third-order valence-electron chi connectivity index (χ3n) is 5.47. The molecule has 1 unspecified atom stereocenters. The SMILES string of the molecule is COCCN1CCCC2(CCCN2C(=O)c2c(F)cc(OC)cc2F)C1=O. The minimum Gasteiger partial charge on any atom is -0.497 e. The Morgan fingerprint density at radius 3 is 2.37 bits per heavy atom. The molecule has 1 spiro atoms. The maximum absolute atomic E-state index is 14.4.